The molecule has 0 spiro atoms. The normalized spacial score (nSPS) is 10.4. The quantitative estimate of drug-likeness (QED) is 0.749. The summed E-state index contributed by atoms with van der Waals surface area (Å²) < 4.78 is 0. The second-order valence-electron chi connectivity index (χ2n) is 3.79. The lowest BCUT2D eigenvalue weighted by Gasteiger charge is -2.02. The van der Waals surface area contributed by atoms with Gasteiger partial charge in [0.05, 0.1) is 6.07 Å². The van der Waals surface area contributed by atoms with Crippen LogP contribution in [0.2, 0.25) is 0 Å². The molecule has 18 heavy (non-hydrogen) atoms. The Bertz CT molecular complexity index is 550. The lowest BCUT2D eigenvalue weighted by Crippen LogP contribution is -1.80. The standard InChI is InChI=1S/C16H13NS/c17-13-5-4-6-14-9-11-16(12-10-14)18-15-7-2-1-3-8-15/h1-5,7-12H,6H2/b5-4+. The molecule has 0 radical (unpaired) electrons. The molecule has 0 aliphatic carbocycles. The summed E-state index contributed by atoms with van der Waals surface area (Å²) in [5.41, 5.74) is 1.22. The van der Waals surface area contributed by atoms with Crippen LogP contribution in [0.3, 0.4) is 0 Å². The molecule has 0 aliphatic rings. The van der Waals surface area contributed by atoms with Crippen molar-refractivity contribution in [2.24, 2.45) is 0 Å². The molecule has 0 unspecified atom stereocenters. The zero-order valence-corrected chi connectivity index (χ0v) is 10.7. The number of nitrogens with zero attached hydrogens (tertiary/aromatic N) is 1. The fourth-order valence-corrected chi connectivity index (χ4v) is 2.40. The topological polar surface area (TPSA) is 23.8 Å². The second kappa shape index (κ2) is 6.68. The minimum atomic E-state index is 0.809. The predicted octanol–water partition coefficient (Wildman–Crippen LogP) is 4.46. The van der Waals surface area contributed by atoms with Gasteiger partial charge in [-0.15, -0.1) is 0 Å². The Kier molecular flexibility index (Phi) is 4.63. The number of rotatable bonds is 4. The summed E-state index contributed by atoms with van der Waals surface area (Å²) in [7, 11) is 0. The van der Waals surface area contributed by atoms with Crippen molar-refractivity contribution >= 4 is 11.8 Å². The van der Waals surface area contributed by atoms with Gasteiger partial charge in [-0.3, -0.25) is 0 Å². The van der Waals surface area contributed by atoms with E-state index in [1.54, 1.807) is 11.8 Å². The van der Waals surface area contributed by atoms with Gasteiger partial charge in [-0.1, -0.05) is 48.2 Å². The van der Waals surface area contributed by atoms with E-state index in [2.05, 4.69) is 36.4 Å². The monoisotopic (exact) mass is 251 g/mol. The molecule has 0 atom stereocenters. The Balaban J connectivity index is 2.00. The smallest absolute Gasteiger partial charge is 0.0908 e. The molecule has 0 amide bonds. The Hall–Kier alpha value is -1.98. The molecule has 2 heteroatoms. The lowest BCUT2D eigenvalue weighted by molar-refractivity contribution is 1.24. The highest BCUT2D eigenvalue weighted by atomic mass is 32.2. The molecule has 0 saturated heterocycles. The highest BCUT2D eigenvalue weighted by Crippen LogP contribution is 2.27. The van der Waals surface area contributed by atoms with Crippen LogP contribution in [0.5, 0.6) is 0 Å². The second-order valence-corrected chi connectivity index (χ2v) is 4.94. The lowest BCUT2D eigenvalue weighted by atomic mass is 10.1. The van der Waals surface area contributed by atoms with Crippen molar-refractivity contribution in [2.75, 3.05) is 0 Å². The number of benzene rings is 2. The van der Waals surface area contributed by atoms with E-state index in [9.17, 15) is 0 Å². The van der Waals surface area contributed by atoms with Gasteiger partial charge in [0.1, 0.15) is 0 Å². The third-order valence-electron chi connectivity index (χ3n) is 2.45. The first kappa shape index (κ1) is 12.5. The predicted molar refractivity (Wildman–Crippen MR) is 75.5 cm³/mol. The summed E-state index contributed by atoms with van der Waals surface area (Å²) in [6, 6.07) is 20.8. The molecule has 0 fully saturated rings. The molecule has 0 aliphatic heterocycles. The van der Waals surface area contributed by atoms with Crippen LogP contribution in [0.4, 0.5) is 0 Å². The van der Waals surface area contributed by atoms with Crippen LogP contribution in [0.25, 0.3) is 0 Å². The van der Waals surface area contributed by atoms with Crippen LogP contribution in [0, 0.1) is 11.3 Å². The molecule has 0 aromatic heterocycles. The molecule has 2 aromatic carbocycles. The van der Waals surface area contributed by atoms with Gasteiger partial charge in [-0.25, -0.2) is 0 Å². The van der Waals surface area contributed by atoms with Crippen LogP contribution in [-0.4, -0.2) is 0 Å². The van der Waals surface area contributed by atoms with E-state index in [-0.39, 0.29) is 0 Å². The fourth-order valence-electron chi connectivity index (χ4n) is 1.57. The van der Waals surface area contributed by atoms with Gasteiger partial charge in [0.25, 0.3) is 0 Å². The summed E-state index contributed by atoms with van der Waals surface area (Å²) >= 11 is 1.75. The summed E-state index contributed by atoms with van der Waals surface area (Å²) in [6.07, 6.45) is 4.20. The van der Waals surface area contributed by atoms with Crippen LogP contribution in [0.15, 0.2) is 76.5 Å². The van der Waals surface area contributed by atoms with E-state index in [1.807, 2.05) is 30.3 Å². The molecule has 0 heterocycles. The first-order chi connectivity index (χ1) is 8.88. The molecule has 1 nitrogen and oxygen atoms in total. The van der Waals surface area contributed by atoms with Gasteiger partial charge in [0.2, 0.25) is 0 Å². The number of allylic oxidation sites excluding steroid dienone is 2. The Labute approximate surface area is 112 Å². The zero-order chi connectivity index (χ0) is 12.6. The average Bonchev–Trinajstić information content (AvgIpc) is 2.42. The zero-order valence-electron chi connectivity index (χ0n) is 9.91. The van der Waals surface area contributed by atoms with E-state index >= 15 is 0 Å². The molecular weight excluding hydrogens is 238 g/mol. The van der Waals surface area contributed by atoms with Gasteiger partial charge in [-0.2, -0.15) is 5.26 Å². The minimum absolute atomic E-state index is 0.809. The van der Waals surface area contributed by atoms with E-state index < -0.39 is 0 Å². The Morgan fingerprint density at radius 3 is 2.28 bits per heavy atom. The van der Waals surface area contributed by atoms with E-state index in [0.717, 1.165) is 6.42 Å². The molecular formula is C16H13NS. The van der Waals surface area contributed by atoms with E-state index in [4.69, 9.17) is 5.26 Å². The highest BCUT2D eigenvalue weighted by molar-refractivity contribution is 7.99. The molecule has 88 valence electrons. The number of hydrogen-bond donors (Lipinski definition) is 0. The van der Waals surface area contributed by atoms with Gasteiger partial charge >= 0.3 is 0 Å². The maximum atomic E-state index is 8.41. The average molecular weight is 251 g/mol. The van der Waals surface area contributed by atoms with Crippen LogP contribution in [0.1, 0.15) is 5.56 Å². The fraction of sp³-hybridized carbons (Fsp3) is 0.0625. The molecule has 2 rings (SSSR count). The summed E-state index contributed by atoms with van der Waals surface area (Å²) in [4.78, 5) is 2.48. The first-order valence-electron chi connectivity index (χ1n) is 5.75. The largest absolute Gasteiger partial charge is 0.193 e. The van der Waals surface area contributed by atoms with Crippen molar-refractivity contribution in [3.8, 4) is 6.07 Å². The number of nitriles is 1. The van der Waals surface area contributed by atoms with Crippen LogP contribution >= 0.6 is 11.8 Å². The van der Waals surface area contributed by atoms with Gasteiger partial charge < -0.3 is 0 Å². The number of hydrogen-bond acceptors (Lipinski definition) is 2. The Morgan fingerprint density at radius 1 is 0.944 bits per heavy atom. The molecule has 0 saturated carbocycles. The highest BCUT2D eigenvalue weighted by Gasteiger charge is 1.96. The summed E-state index contributed by atoms with van der Waals surface area (Å²) in [5.74, 6) is 0. The van der Waals surface area contributed by atoms with Crippen molar-refractivity contribution < 1.29 is 0 Å². The molecule has 0 bridgehead atoms. The van der Waals surface area contributed by atoms with Crippen molar-refractivity contribution in [2.45, 2.75) is 16.2 Å². The van der Waals surface area contributed by atoms with Crippen molar-refractivity contribution in [3.05, 3.63) is 72.3 Å². The third kappa shape index (κ3) is 3.80. The van der Waals surface area contributed by atoms with E-state index in [0.29, 0.717) is 0 Å². The van der Waals surface area contributed by atoms with Gasteiger partial charge in [0, 0.05) is 15.9 Å². The molecule has 0 N–H and O–H groups in total. The molecule has 2 aromatic rings. The van der Waals surface area contributed by atoms with Crippen molar-refractivity contribution in [1.29, 1.82) is 5.26 Å². The first-order valence-corrected chi connectivity index (χ1v) is 6.56. The maximum Gasteiger partial charge on any atom is 0.0908 e. The van der Waals surface area contributed by atoms with Crippen LogP contribution in [-0.2, 0) is 6.42 Å². The van der Waals surface area contributed by atoms with E-state index in [1.165, 1.54) is 21.4 Å². The van der Waals surface area contributed by atoms with Crippen molar-refractivity contribution in [3.63, 3.8) is 0 Å². The minimum Gasteiger partial charge on any atom is -0.193 e. The summed E-state index contributed by atoms with van der Waals surface area (Å²) in [5, 5.41) is 8.41. The van der Waals surface area contributed by atoms with Crippen LogP contribution < -0.4 is 0 Å². The van der Waals surface area contributed by atoms with Gasteiger partial charge in [-0.05, 0) is 36.2 Å². The van der Waals surface area contributed by atoms with Gasteiger partial charge in [0.15, 0.2) is 0 Å². The van der Waals surface area contributed by atoms with Crippen molar-refractivity contribution in [1.82, 2.24) is 0 Å². The third-order valence-corrected chi connectivity index (χ3v) is 3.46. The maximum absolute atomic E-state index is 8.41. The summed E-state index contributed by atoms with van der Waals surface area (Å²) in [6.45, 7) is 0. The SMILES string of the molecule is N#C/C=C/Cc1ccc(Sc2ccccc2)cc1. The Morgan fingerprint density at radius 2 is 1.61 bits per heavy atom.